The number of hydrogen-bond donors (Lipinski definition) is 1. The summed E-state index contributed by atoms with van der Waals surface area (Å²) in [6.07, 6.45) is 0.153. The molecule has 3 heteroatoms. The molecule has 0 saturated carbocycles. The first kappa shape index (κ1) is 7.55. The van der Waals surface area contributed by atoms with E-state index in [1.807, 2.05) is 5.32 Å². The van der Waals surface area contributed by atoms with Crippen LogP contribution in [0.5, 0.6) is 0 Å². The molecule has 56 valence electrons. The van der Waals surface area contributed by atoms with E-state index in [9.17, 15) is 4.39 Å². The SMILES string of the molecule is N#CNC(F)c1ccccc1. The Kier molecular flexibility index (Phi) is 2.45. The van der Waals surface area contributed by atoms with E-state index in [0.29, 0.717) is 5.56 Å². The minimum absolute atomic E-state index is 0.467. The summed E-state index contributed by atoms with van der Waals surface area (Å²) in [6.45, 7) is 0. The van der Waals surface area contributed by atoms with Gasteiger partial charge in [-0.05, 0) is 0 Å². The summed E-state index contributed by atoms with van der Waals surface area (Å²) in [7, 11) is 0. The highest BCUT2D eigenvalue weighted by molar-refractivity contribution is 5.17. The molecule has 1 rings (SSSR count). The van der Waals surface area contributed by atoms with Crippen LogP contribution in [0.4, 0.5) is 4.39 Å². The molecule has 0 heterocycles. The highest BCUT2D eigenvalue weighted by Gasteiger charge is 2.04. The van der Waals surface area contributed by atoms with Crippen molar-refractivity contribution in [1.29, 1.82) is 5.26 Å². The number of nitrogens with zero attached hydrogens (tertiary/aromatic N) is 1. The van der Waals surface area contributed by atoms with E-state index in [2.05, 4.69) is 0 Å². The van der Waals surface area contributed by atoms with E-state index >= 15 is 0 Å². The second-order valence-electron chi connectivity index (χ2n) is 2.03. The van der Waals surface area contributed by atoms with Gasteiger partial charge in [0.2, 0.25) is 6.30 Å². The predicted octanol–water partition coefficient (Wildman–Crippen LogP) is 1.73. The average molecular weight is 150 g/mol. The lowest BCUT2D eigenvalue weighted by molar-refractivity contribution is 0.315. The van der Waals surface area contributed by atoms with Crippen molar-refractivity contribution in [3.05, 3.63) is 35.9 Å². The fourth-order valence-electron chi connectivity index (χ4n) is 0.762. The molecule has 0 aliphatic carbocycles. The van der Waals surface area contributed by atoms with E-state index in [0.717, 1.165) is 0 Å². The van der Waals surface area contributed by atoms with Gasteiger partial charge in [-0.3, -0.25) is 5.32 Å². The summed E-state index contributed by atoms with van der Waals surface area (Å²) in [5.74, 6) is 0. The molecular formula is C8H7FN2. The van der Waals surface area contributed by atoms with E-state index in [1.54, 1.807) is 36.5 Å². The quantitative estimate of drug-likeness (QED) is 0.396. The molecule has 0 spiro atoms. The van der Waals surface area contributed by atoms with Gasteiger partial charge in [0, 0.05) is 5.56 Å². The average Bonchev–Trinajstić information content (AvgIpc) is 2.07. The van der Waals surface area contributed by atoms with Crippen molar-refractivity contribution in [1.82, 2.24) is 5.32 Å². The molecule has 0 saturated heterocycles. The van der Waals surface area contributed by atoms with Crippen molar-refractivity contribution in [3.8, 4) is 6.19 Å². The minimum Gasteiger partial charge on any atom is -0.289 e. The van der Waals surface area contributed by atoms with Crippen LogP contribution in [0.2, 0.25) is 0 Å². The zero-order chi connectivity index (χ0) is 8.10. The van der Waals surface area contributed by atoms with E-state index < -0.39 is 6.30 Å². The third-order valence-electron chi connectivity index (χ3n) is 1.28. The number of alkyl halides is 1. The van der Waals surface area contributed by atoms with Crippen molar-refractivity contribution < 1.29 is 4.39 Å². The smallest absolute Gasteiger partial charge is 0.203 e. The van der Waals surface area contributed by atoms with Gasteiger partial charge in [-0.15, -0.1) is 0 Å². The number of hydrogen-bond acceptors (Lipinski definition) is 2. The monoisotopic (exact) mass is 150 g/mol. The van der Waals surface area contributed by atoms with Crippen LogP contribution >= 0.6 is 0 Å². The first-order chi connectivity index (χ1) is 5.34. The van der Waals surface area contributed by atoms with Crippen molar-refractivity contribution in [3.63, 3.8) is 0 Å². The van der Waals surface area contributed by atoms with Gasteiger partial charge in [-0.25, -0.2) is 4.39 Å². The largest absolute Gasteiger partial charge is 0.289 e. The second-order valence-corrected chi connectivity index (χ2v) is 2.03. The molecule has 0 aliphatic heterocycles. The zero-order valence-corrected chi connectivity index (χ0v) is 5.79. The molecule has 1 aromatic rings. The fraction of sp³-hybridized carbons (Fsp3) is 0.125. The Morgan fingerprint density at radius 3 is 2.55 bits per heavy atom. The maximum absolute atomic E-state index is 12.8. The summed E-state index contributed by atoms with van der Waals surface area (Å²) in [5.41, 5.74) is 0.467. The number of rotatable bonds is 2. The molecule has 11 heavy (non-hydrogen) atoms. The van der Waals surface area contributed by atoms with Crippen LogP contribution < -0.4 is 5.32 Å². The molecule has 0 bridgehead atoms. The highest BCUT2D eigenvalue weighted by atomic mass is 19.1. The first-order valence-electron chi connectivity index (χ1n) is 3.18. The van der Waals surface area contributed by atoms with Crippen LogP contribution in [0.15, 0.2) is 30.3 Å². The Labute approximate surface area is 64.3 Å². The van der Waals surface area contributed by atoms with Gasteiger partial charge in [0.1, 0.15) is 0 Å². The Morgan fingerprint density at radius 1 is 1.36 bits per heavy atom. The van der Waals surface area contributed by atoms with Crippen LogP contribution in [0.25, 0.3) is 0 Å². The van der Waals surface area contributed by atoms with E-state index in [-0.39, 0.29) is 0 Å². The summed E-state index contributed by atoms with van der Waals surface area (Å²) < 4.78 is 12.8. The van der Waals surface area contributed by atoms with Gasteiger partial charge in [0.05, 0.1) is 0 Å². The molecule has 2 nitrogen and oxygen atoms in total. The number of halogens is 1. The van der Waals surface area contributed by atoms with Gasteiger partial charge in [0.25, 0.3) is 0 Å². The molecular weight excluding hydrogens is 143 g/mol. The third-order valence-corrected chi connectivity index (χ3v) is 1.28. The summed E-state index contributed by atoms with van der Waals surface area (Å²) in [6, 6.07) is 8.48. The molecule has 1 unspecified atom stereocenters. The second kappa shape index (κ2) is 3.57. The molecule has 0 aromatic heterocycles. The number of nitrogens with one attached hydrogen (secondary N) is 1. The Hall–Kier alpha value is -1.56. The Morgan fingerprint density at radius 2 is 2.00 bits per heavy atom. The van der Waals surface area contributed by atoms with Gasteiger partial charge in [-0.1, -0.05) is 30.3 Å². The topological polar surface area (TPSA) is 35.8 Å². The van der Waals surface area contributed by atoms with Gasteiger partial charge >= 0.3 is 0 Å². The van der Waals surface area contributed by atoms with E-state index in [4.69, 9.17) is 5.26 Å². The predicted molar refractivity (Wildman–Crippen MR) is 39.0 cm³/mol. The lowest BCUT2D eigenvalue weighted by Gasteiger charge is -2.03. The maximum Gasteiger partial charge on any atom is 0.203 e. The van der Waals surface area contributed by atoms with Crippen molar-refractivity contribution in [2.45, 2.75) is 6.30 Å². The molecule has 0 amide bonds. The maximum atomic E-state index is 12.8. The molecule has 0 radical (unpaired) electrons. The van der Waals surface area contributed by atoms with Crippen LogP contribution in [0.3, 0.4) is 0 Å². The summed E-state index contributed by atoms with van der Waals surface area (Å²) >= 11 is 0. The molecule has 1 atom stereocenters. The Bertz CT molecular complexity index is 253. The zero-order valence-electron chi connectivity index (χ0n) is 5.79. The minimum atomic E-state index is -1.39. The van der Waals surface area contributed by atoms with Crippen molar-refractivity contribution in [2.24, 2.45) is 0 Å². The van der Waals surface area contributed by atoms with Crippen LogP contribution in [-0.2, 0) is 0 Å². The normalized spacial score (nSPS) is 11.6. The fourth-order valence-corrected chi connectivity index (χ4v) is 0.762. The summed E-state index contributed by atoms with van der Waals surface area (Å²) in [5, 5.41) is 10.1. The van der Waals surface area contributed by atoms with Crippen LogP contribution in [-0.4, -0.2) is 0 Å². The summed E-state index contributed by atoms with van der Waals surface area (Å²) in [4.78, 5) is 0. The number of benzene rings is 1. The highest BCUT2D eigenvalue weighted by Crippen LogP contribution is 2.11. The van der Waals surface area contributed by atoms with Gasteiger partial charge < -0.3 is 0 Å². The molecule has 0 aliphatic rings. The van der Waals surface area contributed by atoms with Crippen LogP contribution in [0, 0.1) is 11.5 Å². The molecule has 0 fully saturated rings. The Balaban J connectivity index is 2.70. The number of nitriles is 1. The lowest BCUT2D eigenvalue weighted by Crippen LogP contribution is -2.09. The molecule has 1 aromatic carbocycles. The van der Waals surface area contributed by atoms with Crippen LogP contribution in [0.1, 0.15) is 11.9 Å². The van der Waals surface area contributed by atoms with E-state index in [1.165, 1.54) is 0 Å². The van der Waals surface area contributed by atoms with Crippen molar-refractivity contribution >= 4 is 0 Å². The first-order valence-corrected chi connectivity index (χ1v) is 3.18. The lowest BCUT2D eigenvalue weighted by atomic mass is 10.2. The molecule has 1 N–H and O–H groups in total. The van der Waals surface area contributed by atoms with Crippen molar-refractivity contribution in [2.75, 3.05) is 0 Å². The standard InChI is InChI=1S/C8H7FN2/c9-8(11-6-10)7-4-2-1-3-5-7/h1-5,8,11H. The van der Waals surface area contributed by atoms with Gasteiger partial charge in [0.15, 0.2) is 6.19 Å². The third kappa shape index (κ3) is 1.94. The van der Waals surface area contributed by atoms with Gasteiger partial charge in [-0.2, -0.15) is 5.26 Å².